The van der Waals surface area contributed by atoms with Crippen LogP contribution in [-0.2, 0) is 14.8 Å². The van der Waals surface area contributed by atoms with Gasteiger partial charge in [0.2, 0.25) is 0 Å². The van der Waals surface area contributed by atoms with Gasteiger partial charge in [-0.25, -0.2) is 8.42 Å². The predicted octanol–water partition coefficient (Wildman–Crippen LogP) is 0.430. The number of rotatable bonds is 6. The number of nitrogens with two attached hydrogens (primary N) is 1. The molecule has 0 bridgehead atoms. The van der Waals surface area contributed by atoms with Gasteiger partial charge in [0, 0.05) is 11.4 Å². The van der Waals surface area contributed by atoms with E-state index in [1.165, 1.54) is 30.3 Å². The lowest BCUT2D eigenvalue weighted by Gasteiger charge is -2.09. The Bertz CT molecular complexity index is 578. The van der Waals surface area contributed by atoms with Crippen molar-refractivity contribution in [1.82, 2.24) is 10.3 Å². The fourth-order valence-corrected chi connectivity index (χ4v) is 2.05. The molecule has 19 heavy (non-hydrogen) atoms. The van der Waals surface area contributed by atoms with Crippen LogP contribution in [0.25, 0.3) is 0 Å². The van der Waals surface area contributed by atoms with E-state index in [0.717, 1.165) is 0 Å². The number of anilines is 1. The van der Waals surface area contributed by atoms with Crippen molar-refractivity contribution in [2.24, 2.45) is 0 Å². The van der Waals surface area contributed by atoms with E-state index >= 15 is 0 Å². The maximum absolute atomic E-state index is 11.8. The van der Waals surface area contributed by atoms with E-state index in [9.17, 15) is 13.2 Å². The van der Waals surface area contributed by atoms with E-state index in [0.29, 0.717) is 11.4 Å². The highest BCUT2D eigenvalue weighted by atomic mass is 32.2. The zero-order chi connectivity index (χ0) is 14.5. The number of hydrazine groups is 1. The van der Waals surface area contributed by atoms with Gasteiger partial charge in [0.15, 0.2) is 0 Å². The monoisotopic (exact) mass is 285 g/mol. The molecule has 0 aliphatic rings. The third kappa shape index (κ3) is 4.98. The maximum Gasteiger partial charge on any atom is 0.307 e. The maximum atomic E-state index is 11.8. The Hall–Kier alpha value is -2.06. The number of hydrogen-bond acceptors (Lipinski definition) is 5. The van der Waals surface area contributed by atoms with E-state index < -0.39 is 16.0 Å². The first-order valence-electron chi connectivity index (χ1n) is 5.33. The molecule has 0 aliphatic heterocycles. The Morgan fingerprint density at radius 3 is 2.47 bits per heavy atom. The summed E-state index contributed by atoms with van der Waals surface area (Å²) in [7, 11) is -3.72. The smallest absolute Gasteiger partial charge is 0.307 e. The minimum atomic E-state index is -3.72. The zero-order valence-electron chi connectivity index (χ0n) is 10.3. The first-order chi connectivity index (χ1) is 8.81. The zero-order valence-corrected chi connectivity index (χ0v) is 11.1. The number of allylic oxidation sites excluding steroid dienone is 1. The molecule has 8 heteroatoms. The van der Waals surface area contributed by atoms with Gasteiger partial charge < -0.3 is 16.3 Å². The summed E-state index contributed by atoms with van der Waals surface area (Å²) in [5.74, 6) is -0.998. The molecule has 1 rings (SSSR count). The van der Waals surface area contributed by atoms with E-state index in [1.54, 1.807) is 6.92 Å². The van der Waals surface area contributed by atoms with Crippen LogP contribution in [0.2, 0.25) is 0 Å². The molecule has 0 aliphatic carbocycles. The van der Waals surface area contributed by atoms with Crippen LogP contribution in [0, 0.1) is 0 Å². The number of nitrogen functional groups attached to an aromatic ring is 1. The number of aliphatic carboxylic acids is 1. The van der Waals surface area contributed by atoms with Gasteiger partial charge in [-0.2, -0.15) is 0 Å². The second kappa shape index (κ2) is 6.21. The number of carboxylic acids is 1. The van der Waals surface area contributed by atoms with Gasteiger partial charge in [0.25, 0.3) is 10.0 Å². The topological polar surface area (TPSA) is 122 Å². The van der Waals surface area contributed by atoms with Crippen LogP contribution in [-0.4, -0.2) is 19.5 Å². The van der Waals surface area contributed by atoms with Crippen molar-refractivity contribution < 1.29 is 18.3 Å². The van der Waals surface area contributed by atoms with Crippen molar-refractivity contribution in [2.45, 2.75) is 18.2 Å². The highest BCUT2D eigenvalue weighted by Gasteiger charge is 2.12. The Morgan fingerprint density at radius 2 is 1.95 bits per heavy atom. The Kier molecular flexibility index (Phi) is 4.90. The van der Waals surface area contributed by atoms with Gasteiger partial charge >= 0.3 is 5.97 Å². The summed E-state index contributed by atoms with van der Waals surface area (Å²) in [6.45, 7) is 1.55. The lowest BCUT2D eigenvalue weighted by Crippen LogP contribution is -2.36. The average molecular weight is 285 g/mol. The van der Waals surface area contributed by atoms with Gasteiger partial charge in [0.05, 0.1) is 11.3 Å². The third-order valence-electron chi connectivity index (χ3n) is 2.16. The van der Waals surface area contributed by atoms with Crippen LogP contribution < -0.4 is 16.0 Å². The number of hydrogen-bond donors (Lipinski definition) is 4. The third-order valence-corrected chi connectivity index (χ3v) is 3.42. The molecule has 0 fully saturated rings. The quantitative estimate of drug-likeness (QED) is 0.444. The number of nitrogens with one attached hydrogen (secondary N) is 2. The molecule has 104 valence electrons. The summed E-state index contributed by atoms with van der Waals surface area (Å²) in [5, 5.41) is 8.47. The molecule has 0 saturated heterocycles. The minimum absolute atomic E-state index is 0.0558. The molecular weight excluding hydrogens is 270 g/mol. The predicted molar refractivity (Wildman–Crippen MR) is 70.3 cm³/mol. The van der Waals surface area contributed by atoms with Crippen molar-refractivity contribution >= 4 is 21.7 Å². The molecule has 0 aromatic heterocycles. The van der Waals surface area contributed by atoms with Crippen molar-refractivity contribution in [2.75, 3.05) is 5.73 Å². The van der Waals surface area contributed by atoms with Crippen LogP contribution >= 0.6 is 0 Å². The van der Waals surface area contributed by atoms with Crippen LogP contribution in [0.15, 0.2) is 40.9 Å². The first-order valence-corrected chi connectivity index (χ1v) is 6.81. The molecule has 7 nitrogen and oxygen atoms in total. The second-order valence-corrected chi connectivity index (χ2v) is 5.47. The fourth-order valence-electron chi connectivity index (χ4n) is 1.15. The van der Waals surface area contributed by atoms with Crippen molar-refractivity contribution in [1.29, 1.82) is 0 Å². The Morgan fingerprint density at radius 1 is 1.37 bits per heavy atom. The van der Waals surface area contributed by atoms with Crippen LogP contribution in [0.1, 0.15) is 13.3 Å². The fraction of sp³-hybridized carbons (Fsp3) is 0.182. The number of sulfonamides is 1. The van der Waals surface area contributed by atoms with Crippen molar-refractivity contribution in [3.63, 3.8) is 0 Å². The van der Waals surface area contributed by atoms with E-state index in [4.69, 9.17) is 10.8 Å². The van der Waals surface area contributed by atoms with Gasteiger partial charge in [-0.3, -0.25) is 4.79 Å². The highest BCUT2D eigenvalue weighted by Crippen LogP contribution is 2.10. The molecule has 0 spiro atoms. The molecule has 1 aromatic rings. The average Bonchev–Trinajstić information content (AvgIpc) is 2.34. The molecule has 0 heterocycles. The van der Waals surface area contributed by atoms with Gasteiger partial charge in [-0.1, -0.05) is 6.08 Å². The molecule has 1 aromatic carbocycles. The SMILES string of the molecule is CC(=CCC(=O)O)NNS(=O)(=O)c1ccc(N)cc1. The number of benzene rings is 1. The number of carbonyl (C=O) groups is 1. The summed E-state index contributed by atoms with van der Waals surface area (Å²) in [5.41, 5.74) is 8.74. The standard InChI is InChI=1S/C11H15N3O4S/c1-8(2-7-11(15)16)13-14-19(17,18)10-5-3-9(12)4-6-10/h2-6,13-14H,7,12H2,1H3,(H,15,16). The minimum Gasteiger partial charge on any atom is -0.481 e. The van der Waals surface area contributed by atoms with Gasteiger partial charge in [-0.15, -0.1) is 4.83 Å². The Labute approximate surface area is 111 Å². The summed E-state index contributed by atoms with van der Waals surface area (Å²) < 4.78 is 23.7. The van der Waals surface area contributed by atoms with Gasteiger partial charge in [-0.05, 0) is 31.2 Å². The number of carboxylic acid groups (broad SMARTS) is 1. The van der Waals surface area contributed by atoms with Gasteiger partial charge in [0.1, 0.15) is 0 Å². The molecular formula is C11H15N3O4S. The normalized spacial score (nSPS) is 12.2. The summed E-state index contributed by atoms with van der Waals surface area (Å²) in [6, 6.07) is 5.69. The molecule has 0 radical (unpaired) electrons. The van der Waals surface area contributed by atoms with Crippen LogP contribution in [0.4, 0.5) is 5.69 Å². The largest absolute Gasteiger partial charge is 0.481 e. The molecule has 0 amide bonds. The molecule has 0 atom stereocenters. The molecule has 5 N–H and O–H groups in total. The Balaban J connectivity index is 2.68. The first kappa shape index (κ1) is 15.0. The summed E-state index contributed by atoms with van der Waals surface area (Å²) >= 11 is 0. The summed E-state index contributed by atoms with van der Waals surface area (Å²) in [4.78, 5) is 12.5. The summed E-state index contributed by atoms with van der Waals surface area (Å²) in [6.07, 6.45) is 1.16. The van der Waals surface area contributed by atoms with E-state index in [1.807, 2.05) is 0 Å². The molecule has 0 saturated carbocycles. The van der Waals surface area contributed by atoms with E-state index in [-0.39, 0.29) is 11.3 Å². The van der Waals surface area contributed by atoms with Crippen molar-refractivity contribution in [3.8, 4) is 0 Å². The highest BCUT2D eigenvalue weighted by molar-refractivity contribution is 7.89. The van der Waals surface area contributed by atoms with Crippen LogP contribution in [0.5, 0.6) is 0 Å². The van der Waals surface area contributed by atoms with Crippen molar-refractivity contribution in [3.05, 3.63) is 36.0 Å². The van der Waals surface area contributed by atoms with E-state index in [2.05, 4.69) is 10.3 Å². The molecule has 0 unspecified atom stereocenters. The lowest BCUT2D eigenvalue weighted by molar-refractivity contribution is -0.136. The second-order valence-electron chi connectivity index (χ2n) is 3.78. The lowest BCUT2D eigenvalue weighted by atomic mass is 10.3. The van der Waals surface area contributed by atoms with Crippen LogP contribution in [0.3, 0.4) is 0 Å².